The molecule has 0 atom stereocenters. The third kappa shape index (κ3) is 2.85. The van der Waals surface area contributed by atoms with Gasteiger partial charge in [-0.15, -0.1) is 0 Å². The summed E-state index contributed by atoms with van der Waals surface area (Å²) in [5.74, 6) is 0.695. The van der Waals surface area contributed by atoms with Crippen LogP contribution in [0.15, 0.2) is 42.5 Å². The minimum absolute atomic E-state index is 0.271. The highest BCUT2D eigenvalue weighted by molar-refractivity contribution is 6.34. The Morgan fingerprint density at radius 1 is 1.12 bits per heavy atom. The van der Waals surface area contributed by atoms with Crippen molar-refractivity contribution in [2.24, 2.45) is 5.73 Å². The van der Waals surface area contributed by atoms with E-state index in [9.17, 15) is 4.39 Å². The average Bonchev–Trinajstić information content (AvgIpc) is 2.34. The smallest absolute Gasteiger partial charge is 0.127 e. The maximum Gasteiger partial charge on any atom is 0.127 e. The molecule has 0 aliphatic carbocycles. The fraction of sp³-hybridized carbons (Fsp3) is 0.0769. The molecule has 0 bridgehead atoms. The van der Waals surface area contributed by atoms with Gasteiger partial charge in [0.2, 0.25) is 0 Å². The number of hydrogen-bond donors (Lipinski definition) is 1. The topological polar surface area (TPSA) is 35.2 Å². The Hall–Kier alpha value is -1.81. The van der Waals surface area contributed by atoms with Gasteiger partial charge in [0.05, 0.1) is 0 Å². The lowest BCUT2D eigenvalue weighted by Gasteiger charge is -2.09. The molecule has 2 rings (SSSR count). The molecule has 4 heteroatoms. The van der Waals surface area contributed by atoms with Crippen molar-refractivity contribution in [3.63, 3.8) is 0 Å². The Kier molecular flexibility index (Phi) is 3.45. The standard InChI is InChI=1S/C13H11BFNO/c14-12-7-10(15)3-6-13(12)17-11-4-1-9(8-16)2-5-11/h1-7H,8,16H2. The van der Waals surface area contributed by atoms with Gasteiger partial charge in [-0.2, -0.15) is 0 Å². The second-order valence-corrected chi connectivity index (χ2v) is 3.63. The van der Waals surface area contributed by atoms with Crippen molar-refractivity contribution in [2.45, 2.75) is 6.54 Å². The summed E-state index contributed by atoms with van der Waals surface area (Å²) >= 11 is 0. The van der Waals surface area contributed by atoms with E-state index in [0.29, 0.717) is 18.0 Å². The molecule has 0 fully saturated rings. The predicted molar refractivity (Wildman–Crippen MR) is 66.2 cm³/mol. The van der Waals surface area contributed by atoms with Crippen LogP contribution in [0, 0.1) is 5.82 Å². The van der Waals surface area contributed by atoms with Crippen LogP contribution in [-0.4, -0.2) is 7.85 Å². The van der Waals surface area contributed by atoms with Crippen LogP contribution >= 0.6 is 0 Å². The molecular weight excluding hydrogens is 216 g/mol. The molecule has 2 aromatic rings. The SMILES string of the molecule is [B]c1cc(F)ccc1Oc1ccc(CN)cc1. The summed E-state index contributed by atoms with van der Waals surface area (Å²) in [6.45, 7) is 0.485. The van der Waals surface area contributed by atoms with Crippen LogP contribution < -0.4 is 15.9 Å². The second-order valence-electron chi connectivity index (χ2n) is 3.63. The van der Waals surface area contributed by atoms with E-state index < -0.39 is 0 Å². The molecule has 0 unspecified atom stereocenters. The van der Waals surface area contributed by atoms with E-state index in [1.54, 1.807) is 12.1 Å². The summed E-state index contributed by atoms with van der Waals surface area (Å²) in [5, 5.41) is 0. The first-order valence-electron chi connectivity index (χ1n) is 5.21. The number of nitrogens with two attached hydrogens (primary N) is 1. The zero-order valence-electron chi connectivity index (χ0n) is 9.19. The van der Waals surface area contributed by atoms with Crippen molar-refractivity contribution in [3.05, 3.63) is 53.8 Å². The van der Waals surface area contributed by atoms with Crippen molar-refractivity contribution < 1.29 is 9.13 Å². The van der Waals surface area contributed by atoms with Gasteiger partial charge < -0.3 is 10.5 Å². The van der Waals surface area contributed by atoms with E-state index in [4.69, 9.17) is 18.3 Å². The Bertz CT molecular complexity index is 513. The number of rotatable bonds is 3. The molecule has 2 radical (unpaired) electrons. The van der Waals surface area contributed by atoms with Crippen LogP contribution in [0.1, 0.15) is 5.56 Å². The van der Waals surface area contributed by atoms with Crippen LogP contribution in [0.4, 0.5) is 4.39 Å². The zero-order chi connectivity index (χ0) is 12.3. The molecule has 0 heterocycles. The van der Waals surface area contributed by atoms with E-state index in [0.717, 1.165) is 5.56 Å². The lowest BCUT2D eigenvalue weighted by atomic mass is 9.95. The van der Waals surface area contributed by atoms with Crippen LogP contribution in [0.25, 0.3) is 0 Å². The highest BCUT2D eigenvalue weighted by atomic mass is 19.1. The van der Waals surface area contributed by atoms with Crippen molar-refractivity contribution in [1.82, 2.24) is 0 Å². The maximum absolute atomic E-state index is 12.8. The highest BCUT2D eigenvalue weighted by Crippen LogP contribution is 2.20. The molecule has 84 valence electrons. The zero-order valence-corrected chi connectivity index (χ0v) is 9.19. The Morgan fingerprint density at radius 2 is 1.82 bits per heavy atom. The number of benzene rings is 2. The largest absolute Gasteiger partial charge is 0.458 e. The minimum atomic E-state index is -0.381. The van der Waals surface area contributed by atoms with Gasteiger partial charge in [-0.05, 0) is 35.9 Å². The molecule has 2 N–H and O–H groups in total. The van der Waals surface area contributed by atoms with Gasteiger partial charge in [0.25, 0.3) is 0 Å². The predicted octanol–water partition coefficient (Wildman–Crippen LogP) is 1.87. The fourth-order valence-corrected chi connectivity index (χ4v) is 1.43. The molecule has 17 heavy (non-hydrogen) atoms. The first-order valence-corrected chi connectivity index (χ1v) is 5.21. The third-order valence-electron chi connectivity index (χ3n) is 2.36. The van der Waals surface area contributed by atoms with Crippen molar-refractivity contribution in [3.8, 4) is 11.5 Å². The monoisotopic (exact) mass is 227 g/mol. The van der Waals surface area contributed by atoms with Crippen LogP contribution in [0.5, 0.6) is 11.5 Å². The summed E-state index contributed by atoms with van der Waals surface area (Å²) in [6.07, 6.45) is 0. The minimum Gasteiger partial charge on any atom is -0.458 e. The fourth-order valence-electron chi connectivity index (χ4n) is 1.43. The van der Waals surface area contributed by atoms with Gasteiger partial charge in [-0.3, -0.25) is 0 Å². The maximum atomic E-state index is 12.8. The molecule has 0 saturated heterocycles. The molecule has 2 aromatic carbocycles. The molecule has 0 amide bonds. The van der Waals surface area contributed by atoms with E-state index in [1.807, 2.05) is 12.1 Å². The van der Waals surface area contributed by atoms with Gasteiger partial charge >= 0.3 is 0 Å². The summed E-state index contributed by atoms with van der Waals surface area (Å²) < 4.78 is 18.4. The highest BCUT2D eigenvalue weighted by Gasteiger charge is 2.02. The average molecular weight is 227 g/mol. The molecular formula is C13H11BFNO. The summed E-state index contributed by atoms with van der Waals surface area (Å²) in [4.78, 5) is 0. The Labute approximate surface area is 101 Å². The van der Waals surface area contributed by atoms with E-state index in [1.165, 1.54) is 18.2 Å². The molecule has 0 aromatic heterocycles. The molecule has 0 aliphatic rings. The van der Waals surface area contributed by atoms with E-state index in [-0.39, 0.29) is 11.3 Å². The second kappa shape index (κ2) is 5.02. The van der Waals surface area contributed by atoms with Gasteiger partial charge in [0.15, 0.2) is 0 Å². The van der Waals surface area contributed by atoms with Gasteiger partial charge in [0, 0.05) is 6.54 Å². The quantitative estimate of drug-likeness (QED) is 0.812. The van der Waals surface area contributed by atoms with Gasteiger partial charge in [0.1, 0.15) is 25.2 Å². The first kappa shape index (κ1) is 11.7. The molecule has 0 saturated carbocycles. The summed E-state index contributed by atoms with van der Waals surface area (Å²) in [5.41, 5.74) is 6.78. The van der Waals surface area contributed by atoms with Crippen LogP contribution in [0.2, 0.25) is 0 Å². The normalized spacial score (nSPS) is 10.2. The first-order chi connectivity index (χ1) is 8.19. The van der Waals surface area contributed by atoms with E-state index in [2.05, 4.69) is 0 Å². The van der Waals surface area contributed by atoms with Crippen LogP contribution in [0.3, 0.4) is 0 Å². The molecule has 2 nitrogen and oxygen atoms in total. The van der Waals surface area contributed by atoms with E-state index >= 15 is 0 Å². The van der Waals surface area contributed by atoms with Crippen molar-refractivity contribution in [1.29, 1.82) is 0 Å². The summed E-state index contributed by atoms with van der Waals surface area (Å²) in [7, 11) is 5.64. The van der Waals surface area contributed by atoms with Crippen LogP contribution in [-0.2, 0) is 6.54 Å². The Morgan fingerprint density at radius 3 is 2.41 bits per heavy atom. The Balaban J connectivity index is 2.19. The summed E-state index contributed by atoms with van der Waals surface area (Å²) in [6, 6.07) is 11.4. The molecule has 0 aliphatic heterocycles. The number of hydrogen-bond acceptors (Lipinski definition) is 2. The lowest BCUT2D eigenvalue weighted by molar-refractivity contribution is 0.484. The molecule has 0 spiro atoms. The third-order valence-corrected chi connectivity index (χ3v) is 2.36. The number of ether oxygens (including phenoxy) is 1. The van der Waals surface area contributed by atoms with Gasteiger partial charge in [-0.1, -0.05) is 17.6 Å². The number of halogens is 1. The van der Waals surface area contributed by atoms with Crippen molar-refractivity contribution >= 4 is 13.3 Å². The van der Waals surface area contributed by atoms with Crippen molar-refractivity contribution in [2.75, 3.05) is 0 Å². The lowest BCUT2D eigenvalue weighted by Crippen LogP contribution is -2.07. The van der Waals surface area contributed by atoms with Gasteiger partial charge in [-0.25, -0.2) is 4.39 Å².